The van der Waals surface area contributed by atoms with E-state index in [0.717, 1.165) is 23.9 Å². The van der Waals surface area contributed by atoms with E-state index in [-0.39, 0.29) is 0 Å². The Bertz CT molecular complexity index is 311. The molecule has 1 unspecified atom stereocenters. The van der Waals surface area contributed by atoms with E-state index in [4.69, 9.17) is 4.52 Å². The van der Waals surface area contributed by atoms with E-state index in [1.165, 1.54) is 37.9 Å². The van der Waals surface area contributed by atoms with E-state index < -0.39 is 7.60 Å². The Morgan fingerprint density at radius 1 is 1.10 bits per heavy atom. The van der Waals surface area contributed by atoms with Gasteiger partial charge in [0.15, 0.2) is 0 Å². The predicted molar refractivity (Wildman–Crippen MR) is 85.8 cm³/mol. The lowest BCUT2D eigenvalue weighted by Gasteiger charge is -2.23. The van der Waals surface area contributed by atoms with Crippen LogP contribution in [0.25, 0.3) is 0 Å². The van der Waals surface area contributed by atoms with Gasteiger partial charge < -0.3 is 9.38 Å². The molecule has 0 saturated heterocycles. The van der Waals surface area contributed by atoms with E-state index >= 15 is 0 Å². The maximum Gasteiger partial charge on any atom is 0.351 e. The zero-order valence-corrected chi connectivity index (χ0v) is 14.6. The summed E-state index contributed by atoms with van der Waals surface area (Å²) in [6.07, 6.45) is 10.1. The van der Waals surface area contributed by atoms with E-state index in [1.807, 2.05) is 21.1 Å². The maximum atomic E-state index is 11.7. The van der Waals surface area contributed by atoms with Crippen LogP contribution in [0.3, 0.4) is 0 Å². The highest BCUT2D eigenvalue weighted by Crippen LogP contribution is 2.43. The second kappa shape index (κ2) is 10.6. The van der Waals surface area contributed by atoms with Gasteiger partial charge in [0.25, 0.3) is 0 Å². The lowest BCUT2D eigenvalue weighted by Crippen LogP contribution is -2.37. The number of allylic oxidation sites excluding steroid dienone is 1. The molecular weight excluding hydrogens is 273 g/mol. The second-order valence-corrected chi connectivity index (χ2v) is 8.04. The van der Waals surface area contributed by atoms with Gasteiger partial charge in [-0.25, -0.2) is 0 Å². The quantitative estimate of drug-likeness (QED) is 0.334. The van der Waals surface area contributed by atoms with E-state index in [0.29, 0.717) is 6.61 Å². The van der Waals surface area contributed by atoms with Crippen LogP contribution >= 0.6 is 7.60 Å². The standard InChI is InChI=1S/C15H32NO3P/c1-5-6-7-8-9-10-11-12-15-20(17,18)19-14-13-16(2,3)4/h12,15H,5-11,13-14H2,1-4H3/p+1. The van der Waals surface area contributed by atoms with Gasteiger partial charge >= 0.3 is 7.60 Å². The van der Waals surface area contributed by atoms with E-state index in [9.17, 15) is 9.46 Å². The molecule has 120 valence electrons. The normalized spacial score (nSPS) is 15.7. The monoisotopic (exact) mass is 306 g/mol. The van der Waals surface area contributed by atoms with Gasteiger partial charge in [0.05, 0.1) is 21.1 Å². The number of hydrogen-bond donors (Lipinski definition) is 1. The van der Waals surface area contributed by atoms with Crippen molar-refractivity contribution in [2.45, 2.75) is 51.9 Å². The molecule has 0 aromatic rings. The number of unbranched alkanes of at least 4 members (excludes halogenated alkanes) is 6. The van der Waals surface area contributed by atoms with Crippen molar-refractivity contribution in [2.24, 2.45) is 0 Å². The Kier molecular flexibility index (Phi) is 10.5. The molecule has 1 N–H and O–H groups in total. The number of nitrogens with zero attached hydrogens (tertiary/aromatic N) is 1. The van der Waals surface area contributed by atoms with Crippen LogP contribution in [-0.2, 0) is 9.09 Å². The minimum atomic E-state index is -3.54. The van der Waals surface area contributed by atoms with Gasteiger partial charge in [0.1, 0.15) is 13.2 Å². The van der Waals surface area contributed by atoms with Crippen LogP contribution in [0.15, 0.2) is 11.9 Å². The largest absolute Gasteiger partial charge is 0.351 e. The topological polar surface area (TPSA) is 46.5 Å². The summed E-state index contributed by atoms with van der Waals surface area (Å²) < 4.78 is 17.5. The second-order valence-electron chi connectivity index (χ2n) is 6.35. The first-order chi connectivity index (χ1) is 9.27. The fourth-order valence-electron chi connectivity index (χ4n) is 1.74. The molecule has 0 aromatic heterocycles. The Labute approximate surface area is 124 Å². The van der Waals surface area contributed by atoms with Crippen LogP contribution in [0.2, 0.25) is 0 Å². The third kappa shape index (κ3) is 14.3. The zero-order chi connectivity index (χ0) is 15.5. The molecule has 4 nitrogen and oxygen atoms in total. The number of hydrogen-bond acceptors (Lipinski definition) is 2. The smallest absolute Gasteiger partial charge is 0.329 e. The van der Waals surface area contributed by atoms with Crippen molar-refractivity contribution in [3.63, 3.8) is 0 Å². The molecule has 0 rings (SSSR count). The highest BCUT2D eigenvalue weighted by molar-refractivity contribution is 7.56. The highest BCUT2D eigenvalue weighted by Gasteiger charge is 2.16. The first-order valence-corrected chi connectivity index (χ1v) is 9.37. The van der Waals surface area contributed by atoms with Gasteiger partial charge in [-0.05, 0) is 12.8 Å². The summed E-state index contributed by atoms with van der Waals surface area (Å²) in [7, 11) is 2.55. The van der Waals surface area contributed by atoms with Crippen LogP contribution in [0.1, 0.15) is 51.9 Å². The molecule has 0 heterocycles. The summed E-state index contributed by atoms with van der Waals surface area (Å²) in [6, 6.07) is 0. The average Bonchev–Trinajstić information content (AvgIpc) is 2.30. The minimum absolute atomic E-state index is 0.304. The zero-order valence-electron chi connectivity index (χ0n) is 13.7. The molecule has 0 spiro atoms. The van der Waals surface area contributed by atoms with Crippen LogP contribution < -0.4 is 0 Å². The summed E-state index contributed by atoms with van der Waals surface area (Å²) in [6.45, 7) is 3.23. The van der Waals surface area contributed by atoms with Crippen molar-refractivity contribution in [1.82, 2.24) is 0 Å². The molecule has 0 aromatic carbocycles. The summed E-state index contributed by atoms with van der Waals surface area (Å²) in [5.41, 5.74) is 0. The van der Waals surface area contributed by atoms with E-state index in [2.05, 4.69) is 6.92 Å². The SMILES string of the molecule is CCCCCCCCC=CP(=O)(O)OCC[N+](C)(C)C. The highest BCUT2D eigenvalue weighted by atomic mass is 31.2. The Hall–Kier alpha value is -0.150. The molecule has 0 aliphatic heterocycles. The molecule has 0 aliphatic rings. The Morgan fingerprint density at radius 3 is 2.30 bits per heavy atom. The minimum Gasteiger partial charge on any atom is -0.329 e. The molecule has 5 heteroatoms. The van der Waals surface area contributed by atoms with Gasteiger partial charge in [-0.15, -0.1) is 0 Å². The van der Waals surface area contributed by atoms with Gasteiger partial charge in [0, 0.05) is 5.82 Å². The predicted octanol–water partition coefficient (Wildman–Crippen LogP) is 4.16. The van der Waals surface area contributed by atoms with Crippen LogP contribution in [0.5, 0.6) is 0 Å². The first-order valence-electron chi connectivity index (χ1n) is 7.72. The van der Waals surface area contributed by atoms with E-state index in [1.54, 1.807) is 6.08 Å². The number of quaternary nitrogens is 1. The van der Waals surface area contributed by atoms with Crippen molar-refractivity contribution in [3.05, 3.63) is 11.9 Å². The third-order valence-electron chi connectivity index (χ3n) is 3.06. The molecule has 0 saturated carbocycles. The Morgan fingerprint density at radius 2 is 1.70 bits per heavy atom. The lowest BCUT2D eigenvalue weighted by molar-refractivity contribution is -0.870. The Balaban J connectivity index is 3.68. The van der Waals surface area contributed by atoms with Crippen molar-refractivity contribution in [1.29, 1.82) is 0 Å². The van der Waals surface area contributed by atoms with Crippen molar-refractivity contribution >= 4 is 7.60 Å². The maximum absolute atomic E-state index is 11.7. The van der Waals surface area contributed by atoms with Crippen molar-refractivity contribution in [3.8, 4) is 0 Å². The van der Waals surface area contributed by atoms with Crippen LogP contribution in [-0.4, -0.2) is 43.7 Å². The molecular formula is C15H33NO3P+. The van der Waals surface area contributed by atoms with Crippen LogP contribution in [0.4, 0.5) is 0 Å². The summed E-state index contributed by atoms with van der Waals surface area (Å²) in [5, 5.41) is 0. The summed E-state index contributed by atoms with van der Waals surface area (Å²) >= 11 is 0. The fraction of sp³-hybridized carbons (Fsp3) is 0.867. The fourth-order valence-corrected chi connectivity index (χ4v) is 2.58. The number of rotatable bonds is 12. The summed E-state index contributed by atoms with van der Waals surface area (Å²) in [5.74, 6) is 1.34. The van der Waals surface area contributed by atoms with Crippen LogP contribution in [0, 0.1) is 0 Å². The molecule has 1 atom stereocenters. The third-order valence-corrected chi connectivity index (χ3v) is 4.20. The summed E-state index contributed by atoms with van der Waals surface area (Å²) in [4.78, 5) is 9.62. The van der Waals surface area contributed by atoms with Gasteiger partial charge in [0.2, 0.25) is 0 Å². The molecule has 0 fully saturated rings. The number of likely N-dealkylation sites (N-methyl/N-ethyl adjacent to an activating group) is 1. The molecule has 0 amide bonds. The van der Waals surface area contributed by atoms with Gasteiger partial charge in [-0.2, -0.15) is 0 Å². The van der Waals surface area contributed by atoms with Gasteiger partial charge in [-0.1, -0.05) is 45.1 Å². The lowest BCUT2D eigenvalue weighted by atomic mass is 10.1. The van der Waals surface area contributed by atoms with Gasteiger partial charge in [-0.3, -0.25) is 9.09 Å². The average molecular weight is 306 g/mol. The molecule has 0 aliphatic carbocycles. The van der Waals surface area contributed by atoms with Crippen molar-refractivity contribution in [2.75, 3.05) is 34.3 Å². The molecule has 0 radical (unpaired) electrons. The van der Waals surface area contributed by atoms with Crippen molar-refractivity contribution < 1.29 is 18.5 Å². The molecule has 0 bridgehead atoms. The molecule has 20 heavy (non-hydrogen) atoms. The first kappa shape index (κ1) is 19.9.